The molecule has 0 N–H and O–H groups in total. The monoisotopic (exact) mass is 190 g/mol. The van der Waals surface area contributed by atoms with Crippen LogP contribution in [0.2, 0.25) is 6.04 Å². The standard InChI is InChI=1S/C3H5Cl3OSi/c4-8(5,6)3-1-2-7/h2H,1,3H2. The van der Waals surface area contributed by atoms with Crippen LogP contribution >= 0.6 is 33.2 Å². The van der Waals surface area contributed by atoms with Gasteiger partial charge in [-0.3, -0.25) is 0 Å². The first kappa shape index (κ1) is 8.76. The van der Waals surface area contributed by atoms with E-state index in [1.54, 1.807) is 0 Å². The van der Waals surface area contributed by atoms with Crippen LogP contribution in [0.3, 0.4) is 0 Å². The Morgan fingerprint density at radius 3 is 2.00 bits per heavy atom. The van der Waals surface area contributed by atoms with Gasteiger partial charge in [-0.05, 0) is 6.04 Å². The zero-order valence-corrected chi connectivity index (χ0v) is 7.30. The molecule has 0 unspecified atom stereocenters. The second-order valence-corrected chi connectivity index (χ2v) is 10.6. The van der Waals surface area contributed by atoms with Gasteiger partial charge in [-0.1, -0.05) is 0 Å². The summed E-state index contributed by atoms with van der Waals surface area (Å²) in [4.78, 5) is 9.70. The van der Waals surface area contributed by atoms with Crippen LogP contribution in [0, 0.1) is 0 Å². The molecule has 5 heteroatoms. The number of hydrogen-bond acceptors (Lipinski definition) is 1. The molecule has 0 saturated heterocycles. The first-order valence-electron chi connectivity index (χ1n) is 2.06. The largest absolute Gasteiger partial charge is 0.341 e. The van der Waals surface area contributed by atoms with Gasteiger partial charge in [0.05, 0.1) is 0 Å². The fraction of sp³-hybridized carbons (Fsp3) is 0.667. The zero-order valence-electron chi connectivity index (χ0n) is 4.03. The molecule has 0 saturated carbocycles. The Morgan fingerprint density at radius 1 is 1.38 bits per heavy atom. The van der Waals surface area contributed by atoms with E-state index < -0.39 is 6.00 Å². The number of aldehydes is 1. The lowest BCUT2D eigenvalue weighted by atomic mass is 10.6. The minimum absolute atomic E-state index is 0.364. The molecule has 0 aromatic carbocycles. The van der Waals surface area contributed by atoms with Crippen molar-refractivity contribution in [2.45, 2.75) is 12.5 Å². The van der Waals surface area contributed by atoms with Crippen molar-refractivity contribution in [2.24, 2.45) is 0 Å². The van der Waals surface area contributed by atoms with Crippen LogP contribution in [-0.2, 0) is 4.79 Å². The van der Waals surface area contributed by atoms with E-state index in [0.717, 1.165) is 6.29 Å². The lowest BCUT2D eigenvalue weighted by Crippen LogP contribution is -2.07. The second-order valence-electron chi connectivity index (χ2n) is 1.32. The summed E-state index contributed by atoms with van der Waals surface area (Å²) >= 11 is 16.3. The topological polar surface area (TPSA) is 17.1 Å². The fourth-order valence-corrected chi connectivity index (χ4v) is 1.65. The number of halogens is 3. The van der Waals surface area contributed by atoms with Crippen molar-refractivity contribution in [3.05, 3.63) is 0 Å². The molecule has 0 bridgehead atoms. The maximum Gasteiger partial charge on any atom is 0.341 e. The third-order valence-corrected chi connectivity index (χ3v) is 3.10. The molecule has 0 rings (SSSR count). The molecule has 0 aliphatic heterocycles. The lowest BCUT2D eigenvalue weighted by molar-refractivity contribution is -0.107. The van der Waals surface area contributed by atoms with Crippen molar-refractivity contribution in [3.63, 3.8) is 0 Å². The van der Waals surface area contributed by atoms with Gasteiger partial charge < -0.3 is 4.79 Å². The van der Waals surface area contributed by atoms with Gasteiger partial charge in [0.25, 0.3) is 0 Å². The normalized spacial score (nSPS) is 11.4. The van der Waals surface area contributed by atoms with E-state index in [4.69, 9.17) is 33.2 Å². The average molecular weight is 192 g/mol. The summed E-state index contributed by atoms with van der Waals surface area (Å²) in [5.41, 5.74) is 0. The Morgan fingerprint density at radius 2 is 1.88 bits per heavy atom. The highest BCUT2D eigenvalue weighted by Gasteiger charge is 2.23. The maximum atomic E-state index is 9.70. The van der Waals surface area contributed by atoms with Crippen LogP contribution in [-0.4, -0.2) is 12.3 Å². The van der Waals surface area contributed by atoms with Crippen LogP contribution in [0.15, 0.2) is 0 Å². The van der Waals surface area contributed by atoms with E-state index >= 15 is 0 Å². The summed E-state index contributed by atoms with van der Waals surface area (Å²) in [7, 11) is 0. The van der Waals surface area contributed by atoms with Crippen molar-refractivity contribution >= 4 is 45.5 Å². The second kappa shape index (κ2) is 3.72. The first-order valence-corrected chi connectivity index (χ1v) is 7.31. The van der Waals surface area contributed by atoms with Crippen molar-refractivity contribution in [1.29, 1.82) is 0 Å². The molecular formula is C3H5Cl3OSi. The van der Waals surface area contributed by atoms with Gasteiger partial charge in [0, 0.05) is 6.42 Å². The number of carbonyl (C=O) groups excluding carboxylic acids is 1. The molecule has 0 fully saturated rings. The van der Waals surface area contributed by atoms with Crippen molar-refractivity contribution in [2.75, 3.05) is 0 Å². The molecule has 8 heavy (non-hydrogen) atoms. The van der Waals surface area contributed by atoms with Crippen LogP contribution in [0.5, 0.6) is 0 Å². The molecule has 0 heterocycles. The molecule has 0 spiro atoms. The van der Waals surface area contributed by atoms with Gasteiger partial charge in [-0.15, -0.1) is 33.2 Å². The highest BCUT2D eigenvalue weighted by Crippen LogP contribution is 2.25. The summed E-state index contributed by atoms with van der Waals surface area (Å²) < 4.78 is 0. The van der Waals surface area contributed by atoms with Gasteiger partial charge in [-0.2, -0.15) is 0 Å². The molecule has 1 nitrogen and oxygen atoms in total. The molecule has 0 amide bonds. The van der Waals surface area contributed by atoms with E-state index in [-0.39, 0.29) is 0 Å². The molecule has 48 valence electrons. The number of hydrogen-bond donors (Lipinski definition) is 0. The summed E-state index contributed by atoms with van der Waals surface area (Å²) in [5.74, 6) is 0. The minimum atomic E-state index is -2.49. The van der Waals surface area contributed by atoms with E-state index in [0.29, 0.717) is 12.5 Å². The highest BCUT2D eigenvalue weighted by atomic mass is 35.8. The first-order chi connectivity index (χ1) is 3.56. The van der Waals surface area contributed by atoms with E-state index in [9.17, 15) is 4.79 Å². The average Bonchev–Trinajstić information content (AvgIpc) is 1.59. The molecule has 0 aliphatic rings. The van der Waals surface area contributed by atoms with Crippen LogP contribution < -0.4 is 0 Å². The zero-order chi connectivity index (χ0) is 6.62. The van der Waals surface area contributed by atoms with Crippen LogP contribution in [0.1, 0.15) is 6.42 Å². The third kappa shape index (κ3) is 6.76. The number of carbonyl (C=O) groups is 1. The molecule has 0 radical (unpaired) electrons. The molecule has 0 atom stereocenters. The van der Waals surface area contributed by atoms with Gasteiger partial charge >= 0.3 is 6.00 Å². The molecular weight excluding hydrogens is 186 g/mol. The van der Waals surface area contributed by atoms with Gasteiger partial charge in [-0.25, -0.2) is 0 Å². The van der Waals surface area contributed by atoms with Crippen LogP contribution in [0.4, 0.5) is 0 Å². The Hall–Kier alpha value is 0.757. The molecule has 0 aliphatic carbocycles. The SMILES string of the molecule is O=CCC[Si](Cl)(Cl)Cl. The van der Waals surface area contributed by atoms with Gasteiger partial charge in [0.1, 0.15) is 6.29 Å². The predicted octanol–water partition coefficient (Wildman–Crippen LogP) is 2.23. The fourth-order valence-electron chi connectivity index (χ4n) is 0.223. The third-order valence-electron chi connectivity index (χ3n) is 0.546. The van der Waals surface area contributed by atoms with Gasteiger partial charge in [0.15, 0.2) is 0 Å². The quantitative estimate of drug-likeness (QED) is 0.380. The lowest BCUT2D eigenvalue weighted by Gasteiger charge is -2.01. The Kier molecular flexibility index (Phi) is 4.07. The molecule has 0 aromatic rings. The van der Waals surface area contributed by atoms with E-state index in [1.165, 1.54) is 0 Å². The summed E-state index contributed by atoms with van der Waals surface area (Å²) in [6.45, 7) is 0. The van der Waals surface area contributed by atoms with Crippen molar-refractivity contribution in [1.82, 2.24) is 0 Å². The predicted molar refractivity (Wildman–Crippen MR) is 38.8 cm³/mol. The van der Waals surface area contributed by atoms with Crippen LogP contribution in [0.25, 0.3) is 0 Å². The Bertz CT molecular complexity index is 79.1. The smallest absolute Gasteiger partial charge is 0.303 e. The number of rotatable bonds is 3. The maximum absolute atomic E-state index is 9.70. The van der Waals surface area contributed by atoms with Crippen molar-refractivity contribution < 1.29 is 4.79 Å². The Balaban J connectivity index is 3.24. The summed E-state index contributed by atoms with van der Waals surface area (Å²) in [6.07, 6.45) is 1.12. The summed E-state index contributed by atoms with van der Waals surface area (Å²) in [5, 5.41) is 0. The van der Waals surface area contributed by atoms with E-state index in [2.05, 4.69) is 0 Å². The molecule has 0 aromatic heterocycles. The highest BCUT2D eigenvalue weighted by molar-refractivity contribution is 7.64. The summed E-state index contributed by atoms with van der Waals surface area (Å²) in [6, 6.07) is -2.06. The Labute approximate surface area is 63.0 Å². The van der Waals surface area contributed by atoms with Gasteiger partial charge in [0.2, 0.25) is 0 Å². The van der Waals surface area contributed by atoms with E-state index in [1.807, 2.05) is 0 Å². The minimum Gasteiger partial charge on any atom is -0.303 e. The van der Waals surface area contributed by atoms with Crippen molar-refractivity contribution in [3.8, 4) is 0 Å².